The summed E-state index contributed by atoms with van der Waals surface area (Å²) in [5.41, 5.74) is 2.49. The van der Waals surface area contributed by atoms with Crippen molar-refractivity contribution in [1.29, 1.82) is 5.26 Å². The number of anilines is 1. The second kappa shape index (κ2) is 8.60. The largest absolute Gasteiger partial charge is 0.385 e. The zero-order valence-electron chi connectivity index (χ0n) is 17.4. The summed E-state index contributed by atoms with van der Waals surface area (Å²) >= 11 is 0. The molecule has 1 heterocycles. The predicted octanol–water partition coefficient (Wildman–Crippen LogP) is 4.04. The Balaban J connectivity index is 1.55. The van der Waals surface area contributed by atoms with E-state index < -0.39 is 14.8 Å². The number of hydrogen-bond donors (Lipinski definition) is 2. The van der Waals surface area contributed by atoms with Gasteiger partial charge in [-0.2, -0.15) is 5.26 Å². The summed E-state index contributed by atoms with van der Waals surface area (Å²) in [5.74, 6) is 0.510. The smallest absolute Gasteiger partial charge is 0.216 e. The summed E-state index contributed by atoms with van der Waals surface area (Å²) in [6, 6.07) is 11.9. The molecule has 156 valence electrons. The summed E-state index contributed by atoms with van der Waals surface area (Å²) < 4.78 is 28.7. The highest BCUT2D eigenvalue weighted by molar-refractivity contribution is 7.90. The molecule has 1 fully saturated rings. The van der Waals surface area contributed by atoms with Gasteiger partial charge >= 0.3 is 0 Å². The minimum atomic E-state index is -3.30. The Morgan fingerprint density at radius 2 is 1.79 bits per heavy atom. The fourth-order valence-corrected chi connectivity index (χ4v) is 4.62. The van der Waals surface area contributed by atoms with Crippen molar-refractivity contribution in [3.8, 4) is 11.8 Å². The van der Waals surface area contributed by atoms with E-state index in [1.54, 1.807) is 20.8 Å². The molecule has 1 aliphatic carbocycles. The van der Waals surface area contributed by atoms with E-state index in [2.05, 4.69) is 16.1 Å². The van der Waals surface area contributed by atoms with Gasteiger partial charge in [-0.15, -0.1) is 0 Å². The number of nitriles is 1. The molecule has 0 atom stereocenters. The zero-order valence-corrected chi connectivity index (χ0v) is 18.2. The van der Waals surface area contributed by atoms with Gasteiger partial charge in [0.2, 0.25) is 10.0 Å². The lowest BCUT2D eigenvalue weighted by Gasteiger charge is -2.31. The summed E-state index contributed by atoms with van der Waals surface area (Å²) in [4.78, 5) is 0. The van der Waals surface area contributed by atoms with E-state index in [9.17, 15) is 13.7 Å². The third-order valence-electron chi connectivity index (χ3n) is 5.57. The minimum absolute atomic E-state index is 0.0331. The topological polar surface area (TPSA) is 86.9 Å². The highest BCUT2D eigenvalue weighted by Crippen LogP contribution is 2.27. The third kappa shape index (κ3) is 5.20. The first-order valence-corrected chi connectivity index (χ1v) is 11.6. The lowest BCUT2D eigenvalue weighted by molar-refractivity contribution is 0.322. The number of sulfonamides is 1. The normalized spacial score (nSPS) is 20.2. The Bertz CT molecular complexity index is 961. The maximum absolute atomic E-state index is 12.3. The van der Waals surface area contributed by atoms with Gasteiger partial charge in [0.15, 0.2) is 0 Å². The molecule has 0 saturated heterocycles. The van der Waals surface area contributed by atoms with Crippen LogP contribution in [0.25, 0.3) is 5.69 Å². The average molecular weight is 415 g/mol. The molecule has 1 aromatic carbocycles. The van der Waals surface area contributed by atoms with E-state index >= 15 is 0 Å². The Morgan fingerprint density at radius 1 is 1.14 bits per heavy atom. The molecule has 6 nitrogen and oxygen atoms in total. The van der Waals surface area contributed by atoms with Crippen LogP contribution in [0.5, 0.6) is 0 Å². The number of nitrogens with zero attached hydrogens (tertiary/aromatic N) is 2. The molecule has 0 radical (unpaired) electrons. The molecule has 0 unspecified atom stereocenters. The number of benzene rings is 1. The summed E-state index contributed by atoms with van der Waals surface area (Å²) in [6.45, 7) is 6.02. The summed E-state index contributed by atoms with van der Waals surface area (Å²) in [5, 5.41) is 12.9. The molecule has 29 heavy (non-hydrogen) atoms. The average Bonchev–Trinajstić information content (AvgIpc) is 3.21. The highest BCUT2D eigenvalue weighted by atomic mass is 32.2. The second-order valence-electron chi connectivity index (χ2n) is 8.77. The van der Waals surface area contributed by atoms with E-state index in [4.69, 9.17) is 0 Å². The maximum Gasteiger partial charge on any atom is 0.216 e. The number of rotatable bonds is 6. The quantitative estimate of drug-likeness (QED) is 0.747. The molecule has 0 spiro atoms. The molecule has 7 heteroatoms. The van der Waals surface area contributed by atoms with E-state index in [0.717, 1.165) is 43.6 Å². The second-order valence-corrected chi connectivity index (χ2v) is 11.2. The van der Waals surface area contributed by atoms with Crippen LogP contribution < -0.4 is 10.0 Å². The van der Waals surface area contributed by atoms with Crippen LogP contribution in [0.4, 0.5) is 5.69 Å². The van der Waals surface area contributed by atoms with Crippen molar-refractivity contribution in [2.24, 2.45) is 5.92 Å². The predicted molar refractivity (Wildman–Crippen MR) is 117 cm³/mol. The summed E-state index contributed by atoms with van der Waals surface area (Å²) in [6.07, 6.45) is 7.57. The van der Waals surface area contributed by atoms with Crippen molar-refractivity contribution in [2.45, 2.75) is 57.2 Å². The summed E-state index contributed by atoms with van der Waals surface area (Å²) in [7, 11) is -3.30. The fraction of sp³-hybridized carbons (Fsp3) is 0.500. The lowest BCUT2D eigenvalue weighted by Crippen LogP contribution is -2.46. The van der Waals surface area contributed by atoms with Crippen molar-refractivity contribution in [2.75, 3.05) is 11.9 Å². The third-order valence-corrected chi connectivity index (χ3v) is 7.83. The van der Waals surface area contributed by atoms with Gasteiger partial charge in [-0.1, -0.05) is 0 Å². The Labute approximate surface area is 174 Å². The van der Waals surface area contributed by atoms with E-state index in [1.165, 1.54) is 0 Å². The van der Waals surface area contributed by atoms with E-state index in [-0.39, 0.29) is 6.04 Å². The van der Waals surface area contributed by atoms with Crippen LogP contribution in [0.15, 0.2) is 42.7 Å². The van der Waals surface area contributed by atoms with E-state index in [1.807, 2.05) is 47.3 Å². The first-order valence-electron chi connectivity index (χ1n) is 10.1. The van der Waals surface area contributed by atoms with Gasteiger partial charge in [-0.05, 0) is 82.7 Å². The van der Waals surface area contributed by atoms with Crippen LogP contribution in [0.3, 0.4) is 0 Å². The van der Waals surface area contributed by atoms with Crippen LogP contribution >= 0.6 is 0 Å². The van der Waals surface area contributed by atoms with Crippen LogP contribution in [-0.4, -0.2) is 30.3 Å². The van der Waals surface area contributed by atoms with Gasteiger partial charge in [-0.3, -0.25) is 0 Å². The van der Waals surface area contributed by atoms with Crippen molar-refractivity contribution in [3.63, 3.8) is 0 Å². The Hall–Kier alpha value is -2.30. The standard InChI is InChI=1S/C22H30N4O2S/c1-22(2,3)29(27,28)25-19-9-6-17(7-10-19)16-24-20-11-8-18(15-23)21(14-20)26-12-4-5-13-26/h4-5,8,11-14,17,19,24-25H,6-7,9-10,16H2,1-3H3. The highest BCUT2D eigenvalue weighted by Gasteiger charge is 2.32. The first-order chi connectivity index (χ1) is 13.7. The fourth-order valence-electron chi connectivity index (χ4n) is 3.59. The minimum Gasteiger partial charge on any atom is -0.385 e. The number of hydrogen-bond acceptors (Lipinski definition) is 4. The molecule has 1 aromatic heterocycles. The van der Waals surface area contributed by atoms with Gasteiger partial charge in [0.05, 0.1) is 16.0 Å². The molecule has 2 aromatic rings. The van der Waals surface area contributed by atoms with Crippen molar-refractivity contribution < 1.29 is 8.42 Å². The zero-order chi connectivity index (χ0) is 21.1. The van der Waals surface area contributed by atoms with Gasteiger partial charge in [0, 0.05) is 30.7 Å². The van der Waals surface area contributed by atoms with Gasteiger partial charge in [-0.25, -0.2) is 13.1 Å². The molecule has 3 rings (SSSR count). The van der Waals surface area contributed by atoms with Crippen LogP contribution in [-0.2, 0) is 10.0 Å². The molecular formula is C22H30N4O2S. The SMILES string of the molecule is CC(C)(C)S(=O)(=O)NC1CCC(CNc2ccc(C#N)c(-n3cccc3)c2)CC1. The number of nitrogens with one attached hydrogen (secondary N) is 2. The van der Waals surface area contributed by atoms with Crippen LogP contribution in [0.2, 0.25) is 0 Å². The van der Waals surface area contributed by atoms with Gasteiger partial charge in [0.25, 0.3) is 0 Å². The van der Waals surface area contributed by atoms with Crippen LogP contribution in [0, 0.1) is 17.2 Å². The molecule has 0 bridgehead atoms. The maximum atomic E-state index is 12.3. The first kappa shape index (κ1) is 21.4. The molecule has 2 N–H and O–H groups in total. The molecule has 0 amide bonds. The van der Waals surface area contributed by atoms with Crippen molar-refractivity contribution in [1.82, 2.24) is 9.29 Å². The molecule has 0 aliphatic heterocycles. The van der Waals surface area contributed by atoms with Gasteiger partial charge in [0.1, 0.15) is 6.07 Å². The van der Waals surface area contributed by atoms with Crippen molar-refractivity contribution in [3.05, 3.63) is 48.3 Å². The van der Waals surface area contributed by atoms with Crippen molar-refractivity contribution >= 4 is 15.7 Å². The molecular weight excluding hydrogens is 384 g/mol. The monoisotopic (exact) mass is 414 g/mol. The lowest BCUT2D eigenvalue weighted by atomic mass is 9.86. The van der Waals surface area contributed by atoms with E-state index in [0.29, 0.717) is 11.5 Å². The van der Waals surface area contributed by atoms with Crippen LogP contribution in [0.1, 0.15) is 52.0 Å². The molecule has 1 aliphatic rings. The van der Waals surface area contributed by atoms with Gasteiger partial charge < -0.3 is 9.88 Å². The Morgan fingerprint density at radius 3 is 2.38 bits per heavy atom. The Kier molecular flexibility index (Phi) is 6.35. The number of aromatic nitrogens is 1. The molecule has 1 saturated carbocycles.